The highest BCUT2D eigenvalue weighted by Crippen LogP contribution is 2.29. The number of hydrogen-bond acceptors (Lipinski definition) is 3. The molecule has 0 spiro atoms. The number of carbonyl (C=O) groups excluding carboxylic acids is 3. The Bertz CT molecular complexity index is 968. The zero-order chi connectivity index (χ0) is 22.5. The predicted octanol–water partition coefficient (Wildman–Crippen LogP) is 4.00. The highest BCUT2D eigenvalue weighted by atomic mass is 35.5. The zero-order valence-corrected chi connectivity index (χ0v) is 19.1. The molecule has 2 aromatic carbocycles. The third-order valence-corrected chi connectivity index (χ3v) is 6.11. The van der Waals surface area contributed by atoms with Crippen LogP contribution in [0.4, 0.5) is 5.69 Å². The Hall–Kier alpha value is -2.57. The van der Waals surface area contributed by atoms with Crippen molar-refractivity contribution in [3.8, 4) is 0 Å². The molecule has 1 atom stereocenters. The third-order valence-electron chi connectivity index (χ3n) is 5.26. The topological polar surface area (TPSA) is 60.9 Å². The van der Waals surface area contributed by atoms with Gasteiger partial charge in [-0.2, -0.15) is 0 Å². The maximum absolute atomic E-state index is 13.0. The summed E-state index contributed by atoms with van der Waals surface area (Å²) in [4.78, 5) is 42.9. The molecule has 1 fully saturated rings. The van der Waals surface area contributed by atoms with Crippen LogP contribution >= 0.6 is 23.2 Å². The van der Waals surface area contributed by atoms with Crippen molar-refractivity contribution < 1.29 is 14.4 Å². The smallest absolute Gasteiger partial charge is 0.248 e. The first-order valence-electron chi connectivity index (χ1n) is 10.1. The van der Waals surface area contributed by atoms with Crippen LogP contribution in [0.1, 0.15) is 29.8 Å². The van der Waals surface area contributed by atoms with Crippen LogP contribution in [0.2, 0.25) is 5.02 Å². The maximum Gasteiger partial charge on any atom is 0.248 e. The number of anilines is 1. The molecule has 31 heavy (non-hydrogen) atoms. The largest absolute Gasteiger partial charge is 0.332 e. The van der Waals surface area contributed by atoms with E-state index >= 15 is 0 Å². The number of hydrogen-bond donors (Lipinski definition) is 0. The van der Waals surface area contributed by atoms with Gasteiger partial charge in [0.2, 0.25) is 17.7 Å². The highest BCUT2D eigenvalue weighted by molar-refractivity contribution is 6.32. The van der Waals surface area contributed by atoms with Crippen molar-refractivity contribution in [1.82, 2.24) is 9.80 Å². The molecule has 1 unspecified atom stereocenters. The summed E-state index contributed by atoms with van der Waals surface area (Å²) < 4.78 is 0. The number of halogens is 2. The third kappa shape index (κ3) is 5.20. The lowest BCUT2D eigenvalue weighted by atomic mass is 10.1. The molecule has 3 amide bonds. The van der Waals surface area contributed by atoms with Gasteiger partial charge in [0.1, 0.15) is 18.6 Å². The molecule has 1 aliphatic rings. The molecule has 0 bridgehead atoms. The lowest BCUT2D eigenvalue weighted by Crippen LogP contribution is -2.44. The summed E-state index contributed by atoms with van der Waals surface area (Å²) in [6.45, 7) is 4.12. The summed E-state index contributed by atoms with van der Waals surface area (Å²) in [6.07, 6.45) is 0.685. The quantitative estimate of drug-likeness (QED) is 0.585. The van der Waals surface area contributed by atoms with Crippen LogP contribution in [0, 0.1) is 6.92 Å². The number of alkyl halides is 1. The summed E-state index contributed by atoms with van der Waals surface area (Å²) in [7, 11) is 0. The molecule has 2 aromatic rings. The molecule has 0 saturated carbocycles. The molecule has 1 aliphatic heterocycles. The average Bonchev–Trinajstić information content (AvgIpc) is 3.16. The van der Waals surface area contributed by atoms with Crippen molar-refractivity contribution in [2.24, 2.45) is 0 Å². The second kappa shape index (κ2) is 10.2. The normalized spacial score (nSPS) is 14.6. The van der Waals surface area contributed by atoms with Gasteiger partial charge in [0.25, 0.3) is 0 Å². The Morgan fingerprint density at radius 1 is 1.13 bits per heavy atom. The van der Waals surface area contributed by atoms with Gasteiger partial charge in [-0.25, -0.2) is 0 Å². The number of rotatable bonds is 7. The van der Waals surface area contributed by atoms with E-state index in [0.717, 1.165) is 5.56 Å². The Labute approximate surface area is 192 Å². The molecule has 0 radical (unpaired) electrons. The van der Waals surface area contributed by atoms with E-state index in [0.29, 0.717) is 29.2 Å². The first kappa shape index (κ1) is 23.1. The van der Waals surface area contributed by atoms with Crippen molar-refractivity contribution in [3.05, 3.63) is 64.7 Å². The summed E-state index contributed by atoms with van der Waals surface area (Å²) in [6, 6.07) is 14.4. The monoisotopic (exact) mass is 461 g/mol. The van der Waals surface area contributed by atoms with Crippen molar-refractivity contribution in [1.29, 1.82) is 0 Å². The van der Waals surface area contributed by atoms with Crippen LogP contribution in [0.3, 0.4) is 0 Å². The standard InChI is InChI=1S/C23H25Cl2N3O3/c1-3-12-26(23(31)22(25)17-8-5-4-6-9-17)13-20(29)27-14-21(30)28(15-27)19-11-7-10-18(24)16(19)2/h4-11,22H,3,12-15H2,1-2H3. The summed E-state index contributed by atoms with van der Waals surface area (Å²) >= 11 is 12.6. The van der Waals surface area contributed by atoms with E-state index < -0.39 is 5.38 Å². The molecule has 3 rings (SSSR count). The van der Waals surface area contributed by atoms with Crippen LogP contribution in [0.5, 0.6) is 0 Å². The van der Waals surface area contributed by atoms with E-state index in [-0.39, 0.29) is 37.5 Å². The molecule has 1 heterocycles. The van der Waals surface area contributed by atoms with Gasteiger partial charge in [-0.15, -0.1) is 11.6 Å². The molecule has 0 N–H and O–H groups in total. The van der Waals surface area contributed by atoms with E-state index in [4.69, 9.17) is 23.2 Å². The van der Waals surface area contributed by atoms with Gasteiger partial charge in [-0.1, -0.05) is 54.9 Å². The van der Waals surface area contributed by atoms with E-state index in [1.165, 1.54) is 9.80 Å². The molecule has 164 valence electrons. The molecule has 0 aliphatic carbocycles. The number of amides is 3. The zero-order valence-electron chi connectivity index (χ0n) is 17.6. The van der Waals surface area contributed by atoms with E-state index in [9.17, 15) is 14.4 Å². The van der Waals surface area contributed by atoms with Crippen LogP contribution in [0.25, 0.3) is 0 Å². The van der Waals surface area contributed by atoms with Gasteiger partial charge in [-0.3, -0.25) is 19.3 Å². The van der Waals surface area contributed by atoms with Gasteiger partial charge in [0, 0.05) is 17.3 Å². The van der Waals surface area contributed by atoms with E-state index in [1.807, 2.05) is 32.0 Å². The second-order valence-electron chi connectivity index (χ2n) is 7.47. The number of nitrogens with zero attached hydrogens (tertiary/aromatic N) is 3. The van der Waals surface area contributed by atoms with Gasteiger partial charge < -0.3 is 9.80 Å². The van der Waals surface area contributed by atoms with Gasteiger partial charge in [0.05, 0.1) is 6.54 Å². The second-order valence-corrected chi connectivity index (χ2v) is 8.32. The minimum Gasteiger partial charge on any atom is -0.332 e. The maximum atomic E-state index is 13.0. The Kier molecular flexibility index (Phi) is 7.57. The molecule has 6 nitrogen and oxygen atoms in total. The molecule has 8 heteroatoms. The van der Waals surface area contributed by atoms with E-state index in [2.05, 4.69) is 0 Å². The number of benzene rings is 2. The van der Waals surface area contributed by atoms with Crippen molar-refractivity contribution in [2.75, 3.05) is 31.2 Å². The fourth-order valence-corrected chi connectivity index (χ4v) is 3.99. The SMILES string of the molecule is CCCN(CC(=O)N1CC(=O)N(c2cccc(Cl)c2C)C1)C(=O)C(Cl)c1ccccc1. The van der Waals surface area contributed by atoms with Gasteiger partial charge >= 0.3 is 0 Å². The van der Waals surface area contributed by atoms with Crippen molar-refractivity contribution >= 4 is 46.6 Å². The first-order valence-corrected chi connectivity index (χ1v) is 11.0. The van der Waals surface area contributed by atoms with Crippen LogP contribution in [-0.2, 0) is 14.4 Å². The van der Waals surface area contributed by atoms with Crippen molar-refractivity contribution in [2.45, 2.75) is 25.6 Å². The molecular formula is C23H25Cl2N3O3. The highest BCUT2D eigenvalue weighted by Gasteiger charge is 2.34. The Balaban J connectivity index is 1.70. The minimum absolute atomic E-state index is 0.0398. The summed E-state index contributed by atoms with van der Waals surface area (Å²) in [5, 5.41) is -0.310. The van der Waals surface area contributed by atoms with E-state index in [1.54, 1.807) is 35.2 Å². The Morgan fingerprint density at radius 2 is 1.84 bits per heavy atom. The van der Waals surface area contributed by atoms with Gasteiger partial charge in [-0.05, 0) is 36.6 Å². The van der Waals surface area contributed by atoms with Crippen LogP contribution in [0.15, 0.2) is 48.5 Å². The van der Waals surface area contributed by atoms with Crippen LogP contribution < -0.4 is 4.90 Å². The molecular weight excluding hydrogens is 437 g/mol. The predicted molar refractivity (Wildman–Crippen MR) is 122 cm³/mol. The average molecular weight is 462 g/mol. The van der Waals surface area contributed by atoms with Crippen molar-refractivity contribution in [3.63, 3.8) is 0 Å². The fourth-order valence-electron chi connectivity index (χ4n) is 3.54. The Morgan fingerprint density at radius 3 is 2.52 bits per heavy atom. The fraction of sp³-hybridized carbons (Fsp3) is 0.348. The molecule has 0 aromatic heterocycles. The summed E-state index contributed by atoms with van der Waals surface area (Å²) in [5.41, 5.74) is 2.14. The van der Waals surface area contributed by atoms with Crippen LogP contribution in [-0.4, -0.2) is 53.8 Å². The lowest BCUT2D eigenvalue weighted by Gasteiger charge is -2.26. The first-order chi connectivity index (χ1) is 14.8. The molecule has 1 saturated heterocycles. The van der Waals surface area contributed by atoms with Gasteiger partial charge in [0.15, 0.2) is 0 Å². The lowest BCUT2D eigenvalue weighted by molar-refractivity contribution is -0.140. The minimum atomic E-state index is -0.869. The number of carbonyl (C=O) groups is 3. The summed E-state index contributed by atoms with van der Waals surface area (Å²) in [5.74, 6) is -0.808.